The molecule has 4 heteroatoms. The van der Waals surface area contributed by atoms with Gasteiger partial charge in [-0.05, 0) is 32.9 Å². The molecule has 0 spiro atoms. The molecule has 0 saturated carbocycles. The molecule has 0 heterocycles. The monoisotopic (exact) mass is 265 g/mol. The Morgan fingerprint density at radius 3 is 2.68 bits per heavy atom. The van der Waals surface area contributed by atoms with Crippen molar-refractivity contribution in [3.63, 3.8) is 0 Å². The molecule has 1 rings (SSSR count). The molecule has 19 heavy (non-hydrogen) atoms. The lowest BCUT2D eigenvalue weighted by atomic mass is 9.86. The third-order valence-electron chi connectivity index (χ3n) is 3.22. The first-order valence-corrected chi connectivity index (χ1v) is 6.55. The normalized spacial score (nSPS) is 13.9. The fourth-order valence-corrected chi connectivity index (χ4v) is 2.21. The summed E-state index contributed by atoms with van der Waals surface area (Å²) in [6.45, 7) is 6.72. The van der Waals surface area contributed by atoms with Gasteiger partial charge in [-0.3, -0.25) is 4.79 Å². The number of carboxylic acids is 1. The second-order valence-electron chi connectivity index (χ2n) is 5.03. The van der Waals surface area contributed by atoms with E-state index in [0.29, 0.717) is 0 Å². The number of rotatable bonds is 7. The van der Waals surface area contributed by atoms with Gasteiger partial charge in [0.25, 0.3) is 0 Å². The third-order valence-corrected chi connectivity index (χ3v) is 3.22. The predicted octanol–water partition coefficient (Wildman–Crippen LogP) is 2.69. The number of ether oxygens (including phenoxy) is 1. The zero-order chi connectivity index (χ0) is 14.5. The van der Waals surface area contributed by atoms with Crippen molar-refractivity contribution >= 4 is 5.97 Å². The second kappa shape index (κ2) is 6.57. The molecule has 0 fully saturated rings. The average molecular weight is 265 g/mol. The summed E-state index contributed by atoms with van der Waals surface area (Å²) < 4.78 is 5.38. The van der Waals surface area contributed by atoms with E-state index in [1.54, 1.807) is 7.11 Å². The van der Waals surface area contributed by atoms with Gasteiger partial charge in [-0.15, -0.1) is 0 Å². The lowest BCUT2D eigenvalue weighted by Gasteiger charge is -2.31. The summed E-state index contributed by atoms with van der Waals surface area (Å²) in [5.74, 6) is -0.104. The summed E-state index contributed by atoms with van der Waals surface area (Å²) in [6, 6.07) is 5.84. The van der Waals surface area contributed by atoms with Gasteiger partial charge in [0.2, 0.25) is 0 Å². The van der Waals surface area contributed by atoms with Crippen molar-refractivity contribution in [3.05, 3.63) is 29.3 Å². The zero-order valence-electron chi connectivity index (χ0n) is 12.1. The van der Waals surface area contributed by atoms with Crippen LogP contribution in [0.5, 0.6) is 5.75 Å². The first kappa shape index (κ1) is 15.5. The topological polar surface area (TPSA) is 58.6 Å². The number of nitrogens with one attached hydrogen (secondary N) is 1. The first-order chi connectivity index (χ1) is 8.92. The van der Waals surface area contributed by atoms with Crippen LogP contribution in [0.3, 0.4) is 0 Å². The van der Waals surface area contributed by atoms with Gasteiger partial charge in [-0.2, -0.15) is 0 Å². The van der Waals surface area contributed by atoms with Gasteiger partial charge >= 0.3 is 5.97 Å². The Bertz CT molecular complexity index is 445. The minimum atomic E-state index is -0.824. The number of benzene rings is 1. The van der Waals surface area contributed by atoms with Gasteiger partial charge in [0.15, 0.2) is 0 Å². The lowest BCUT2D eigenvalue weighted by Crippen LogP contribution is -2.42. The van der Waals surface area contributed by atoms with Crippen LogP contribution in [0.1, 0.15) is 37.8 Å². The molecule has 0 bridgehead atoms. The minimum Gasteiger partial charge on any atom is -0.496 e. The van der Waals surface area contributed by atoms with E-state index in [2.05, 4.69) is 12.2 Å². The SMILES string of the molecule is CCCNC(C)(CC(=O)O)c1cc(C)ccc1OC. The van der Waals surface area contributed by atoms with Crippen molar-refractivity contribution in [1.82, 2.24) is 5.32 Å². The molecule has 4 nitrogen and oxygen atoms in total. The number of methoxy groups -OCH3 is 1. The Morgan fingerprint density at radius 2 is 2.16 bits per heavy atom. The Labute approximate surface area is 114 Å². The number of hydrogen-bond donors (Lipinski definition) is 2. The molecule has 0 amide bonds. The molecule has 0 aliphatic carbocycles. The number of aryl methyl sites for hydroxylation is 1. The third kappa shape index (κ3) is 3.96. The van der Waals surface area contributed by atoms with Gasteiger partial charge in [0.1, 0.15) is 5.75 Å². The maximum Gasteiger partial charge on any atom is 0.305 e. The maximum atomic E-state index is 11.2. The van der Waals surface area contributed by atoms with Crippen LogP contribution in [0.2, 0.25) is 0 Å². The van der Waals surface area contributed by atoms with Crippen molar-refractivity contribution in [3.8, 4) is 5.75 Å². The molecule has 1 aromatic carbocycles. The molecule has 0 radical (unpaired) electrons. The molecule has 0 aromatic heterocycles. The quantitative estimate of drug-likeness (QED) is 0.796. The van der Waals surface area contributed by atoms with Crippen LogP contribution >= 0.6 is 0 Å². The van der Waals surface area contributed by atoms with E-state index < -0.39 is 11.5 Å². The summed E-state index contributed by atoms with van der Waals surface area (Å²) in [5.41, 5.74) is 1.36. The van der Waals surface area contributed by atoms with E-state index in [9.17, 15) is 4.79 Å². The molecule has 0 aliphatic heterocycles. The van der Waals surface area contributed by atoms with Crippen molar-refractivity contribution in [2.45, 2.75) is 39.2 Å². The first-order valence-electron chi connectivity index (χ1n) is 6.55. The summed E-state index contributed by atoms with van der Waals surface area (Å²) in [5, 5.41) is 12.5. The Hall–Kier alpha value is -1.55. The molecule has 1 atom stereocenters. The van der Waals surface area contributed by atoms with Crippen LogP contribution in [-0.2, 0) is 10.3 Å². The van der Waals surface area contributed by atoms with Crippen LogP contribution in [0.15, 0.2) is 18.2 Å². The van der Waals surface area contributed by atoms with Crippen LogP contribution in [-0.4, -0.2) is 24.7 Å². The molecule has 1 aromatic rings. The lowest BCUT2D eigenvalue weighted by molar-refractivity contribution is -0.138. The van der Waals surface area contributed by atoms with Crippen LogP contribution in [0.25, 0.3) is 0 Å². The fraction of sp³-hybridized carbons (Fsp3) is 0.533. The molecule has 0 aliphatic rings. The minimum absolute atomic E-state index is 0.0206. The van der Waals surface area contributed by atoms with Gasteiger partial charge in [0.05, 0.1) is 19.1 Å². The molecule has 1 unspecified atom stereocenters. The van der Waals surface area contributed by atoms with E-state index in [0.717, 1.165) is 29.8 Å². The van der Waals surface area contributed by atoms with Gasteiger partial charge in [0, 0.05) is 5.56 Å². The second-order valence-corrected chi connectivity index (χ2v) is 5.03. The largest absolute Gasteiger partial charge is 0.496 e. The Kier molecular flexibility index (Phi) is 5.36. The van der Waals surface area contributed by atoms with Crippen molar-refractivity contribution < 1.29 is 14.6 Å². The van der Waals surface area contributed by atoms with E-state index in [-0.39, 0.29) is 6.42 Å². The van der Waals surface area contributed by atoms with Crippen molar-refractivity contribution in [1.29, 1.82) is 0 Å². The molecule has 106 valence electrons. The molecular formula is C15H23NO3. The smallest absolute Gasteiger partial charge is 0.305 e. The molecule has 0 saturated heterocycles. The summed E-state index contributed by atoms with van der Waals surface area (Å²) >= 11 is 0. The van der Waals surface area contributed by atoms with Gasteiger partial charge < -0.3 is 15.2 Å². The zero-order valence-corrected chi connectivity index (χ0v) is 12.1. The summed E-state index contributed by atoms with van der Waals surface area (Å²) in [7, 11) is 1.61. The average Bonchev–Trinajstić information content (AvgIpc) is 2.35. The number of hydrogen-bond acceptors (Lipinski definition) is 3. The fourth-order valence-electron chi connectivity index (χ4n) is 2.21. The van der Waals surface area contributed by atoms with E-state index in [1.807, 2.05) is 32.0 Å². The summed E-state index contributed by atoms with van der Waals surface area (Å²) in [4.78, 5) is 11.2. The number of aliphatic carboxylic acids is 1. The van der Waals surface area contributed by atoms with E-state index in [1.165, 1.54) is 0 Å². The predicted molar refractivity (Wildman–Crippen MR) is 75.6 cm³/mol. The summed E-state index contributed by atoms with van der Waals surface area (Å²) in [6.07, 6.45) is 0.968. The standard InChI is InChI=1S/C15H23NO3/c1-5-8-16-15(3,10-14(17)18)12-9-11(2)6-7-13(12)19-4/h6-7,9,16H,5,8,10H2,1-4H3,(H,17,18). The highest BCUT2D eigenvalue weighted by Gasteiger charge is 2.31. The van der Waals surface area contributed by atoms with Crippen molar-refractivity contribution in [2.24, 2.45) is 0 Å². The molecular weight excluding hydrogens is 242 g/mol. The van der Waals surface area contributed by atoms with Gasteiger partial charge in [-0.1, -0.05) is 24.6 Å². The Balaban J connectivity index is 3.22. The van der Waals surface area contributed by atoms with Crippen molar-refractivity contribution in [2.75, 3.05) is 13.7 Å². The Morgan fingerprint density at radius 1 is 1.47 bits per heavy atom. The number of carboxylic acid groups (broad SMARTS) is 1. The number of carbonyl (C=O) groups is 1. The van der Waals surface area contributed by atoms with Crippen LogP contribution in [0, 0.1) is 6.92 Å². The molecule has 2 N–H and O–H groups in total. The van der Waals surface area contributed by atoms with Gasteiger partial charge in [-0.25, -0.2) is 0 Å². The van der Waals surface area contributed by atoms with Crippen LogP contribution in [0.4, 0.5) is 0 Å². The highest BCUT2D eigenvalue weighted by Crippen LogP contribution is 2.33. The highest BCUT2D eigenvalue weighted by molar-refractivity contribution is 5.69. The maximum absolute atomic E-state index is 11.2. The highest BCUT2D eigenvalue weighted by atomic mass is 16.5. The van der Waals surface area contributed by atoms with Crippen LogP contribution < -0.4 is 10.1 Å². The van der Waals surface area contributed by atoms with E-state index in [4.69, 9.17) is 9.84 Å². The van der Waals surface area contributed by atoms with E-state index >= 15 is 0 Å².